The number of carbonyl (C=O) groups is 1. The molecule has 0 saturated carbocycles. The molecule has 0 aliphatic rings. The zero-order valence-corrected chi connectivity index (χ0v) is 17.1. The minimum Gasteiger partial charge on any atom is -0.497 e. The predicted molar refractivity (Wildman–Crippen MR) is 114 cm³/mol. The molecular weight excluding hydrogens is 366 g/mol. The van der Waals surface area contributed by atoms with Crippen LogP contribution in [0.1, 0.15) is 29.3 Å². The maximum atomic E-state index is 12.9. The number of aromatic nitrogens is 2. The van der Waals surface area contributed by atoms with Crippen LogP contribution in [0.25, 0.3) is 16.9 Å². The number of ether oxygens (including phenoxy) is 2. The van der Waals surface area contributed by atoms with Gasteiger partial charge in [-0.3, -0.25) is 4.79 Å². The number of methoxy groups -OCH3 is 1. The molecule has 0 aliphatic carbocycles. The molecule has 0 aliphatic heterocycles. The number of hydrogen-bond acceptors (Lipinski definition) is 4. The topological polar surface area (TPSA) is 65.4 Å². The van der Waals surface area contributed by atoms with Gasteiger partial charge in [-0.25, -0.2) is 4.68 Å². The highest BCUT2D eigenvalue weighted by Gasteiger charge is 2.19. The monoisotopic (exact) mass is 393 g/mol. The molecule has 0 saturated heterocycles. The Kier molecular flexibility index (Phi) is 7.03. The number of amides is 1. The lowest BCUT2D eigenvalue weighted by Gasteiger charge is -2.06. The first-order chi connectivity index (χ1) is 14.1. The van der Waals surface area contributed by atoms with Crippen LogP contribution in [0.3, 0.4) is 0 Å². The molecule has 1 N–H and O–H groups in total. The Hall–Kier alpha value is -3.12. The molecule has 6 heteroatoms. The second-order valence-electron chi connectivity index (χ2n) is 6.71. The Bertz CT molecular complexity index is 948. The zero-order valence-electron chi connectivity index (χ0n) is 17.1. The van der Waals surface area contributed by atoms with Gasteiger partial charge in [0.25, 0.3) is 5.91 Å². The van der Waals surface area contributed by atoms with Gasteiger partial charge in [-0.1, -0.05) is 29.8 Å². The first-order valence-electron chi connectivity index (χ1n) is 9.79. The standard InChI is InChI=1S/C23H27N3O3/c1-4-29-14-6-13-24-23(27)21-16-26(19-11-9-17(2)10-12-19)25-22(21)18-7-5-8-20(15-18)28-3/h5,7-12,15-16H,4,6,13-14H2,1-3H3,(H,24,27). The van der Waals surface area contributed by atoms with Crippen LogP contribution >= 0.6 is 0 Å². The normalized spacial score (nSPS) is 10.7. The van der Waals surface area contributed by atoms with E-state index in [1.165, 1.54) is 5.56 Å². The van der Waals surface area contributed by atoms with Gasteiger partial charge in [0.15, 0.2) is 0 Å². The summed E-state index contributed by atoms with van der Waals surface area (Å²) in [6.07, 6.45) is 2.54. The van der Waals surface area contributed by atoms with Crippen LogP contribution in [0.2, 0.25) is 0 Å². The van der Waals surface area contributed by atoms with E-state index in [0.29, 0.717) is 31.0 Å². The van der Waals surface area contributed by atoms with Gasteiger partial charge in [0.05, 0.1) is 18.4 Å². The number of benzene rings is 2. The molecule has 1 amide bonds. The van der Waals surface area contributed by atoms with E-state index < -0.39 is 0 Å². The molecule has 0 unspecified atom stereocenters. The number of aryl methyl sites for hydroxylation is 1. The third-order valence-electron chi connectivity index (χ3n) is 4.56. The van der Waals surface area contributed by atoms with Crippen molar-refractivity contribution in [3.63, 3.8) is 0 Å². The molecule has 0 fully saturated rings. The summed E-state index contributed by atoms with van der Waals surface area (Å²) in [7, 11) is 1.62. The maximum absolute atomic E-state index is 12.9. The smallest absolute Gasteiger partial charge is 0.255 e. The molecule has 29 heavy (non-hydrogen) atoms. The van der Waals surface area contributed by atoms with Crippen molar-refractivity contribution < 1.29 is 14.3 Å². The average Bonchev–Trinajstić information content (AvgIpc) is 3.19. The average molecular weight is 393 g/mol. The van der Waals surface area contributed by atoms with E-state index in [-0.39, 0.29) is 5.91 Å². The van der Waals surface area contributed by atoms with E-state index in [2.05, 4.69) is 5.32 Å². The highest BCUT2D eigenvalue weighted by Crippen LogP contribution is 2.27. The van der Waals surface area contributed by atoms with Crippen LogP contribution < -0.4 is 10.1 Å². The van der Waals surface area contributed by atoms with Crippen LogP contribution in [0, 0.1) is 6.92 Å². The summed E-state index contributed by atoms with van der Waals surface area (Å²) in [6.45, 7) is 5.85. The molecule has 6 nitrogen and oxygen atoms in total. The summed E-state index contributed by atoms with van der Waals surface area (Å²) < 4.78 is 12.4. The number of nitrogens with one attached hydrogen (secondary N) is 1. The van der Waals surface area contributed by atoms with Gasteiger partial charge in [-0.15, -0.1) is 0 Å². The number of carbonyl (C=O) groups excluding carboxylic acids is 1. The van der Waals surface area contributed by atoms with Gasteiger partial charge < -0.3 is 14.8 Å². The van der Waals surface area contributed by atoms with E-state index >= 15 is 0 Å². The molecule has 1 aromatic heterocycles. The van der Waals surface area contributed by atoms with Crippen molar-refractivity contribution >= 4 is 5.91 Å². The van der Waals surface area contributed by atoms with E-state index in [4.69, 9.17) is 14.6 Å². The van der Waals surface area contributed by atoms with Crippen LogP contribution in [0.4, 0.5) is 0 Å². The lowest BCUT2D eigenvalue weighted by atomic mass is 10.1. The van der Waals surface area contributed by atoms with Crippen molar-refractivity contribution in [1.29, 1.82) is 0 Å². The lowest BCUT2D eigenvalue weighted by Crippen LogP contribution is -2.25. The summed E-state index contributed by atoms with van der Waals surface area (Å²) >= 11 is 0. The Morgan fingerprint density at radius 3 is 2.69 bits per heavy atom. The Morgan fingerprint density at radius 2 is 1.97 bits per heavy atom. The summed E-state index contributed by atoms with van der Waals surface area (Å²) in [6, 6.07) is 15.6. The third-order valence-corrected chi connectivity index (χ3v) is 4.56. The fourth-order valence-corrected chi connectivity index (χ4v) is 2.97. The Balaban J connectivity index is 1.91. The molecule has 3 rings (SSSR count). The minimum absolute atomic E-state index is 0.155. The molecule has 0 atom stereocenters. The molecular formula is C23H27N3O3. The van der Waals surface area contributed by atoms with E-state index in [1.54, 1.807) is 18.0 Å². The van der Waals surface area contributed by atoms with E-state index in [9.17, 15) is 4.79 Å². The van der Waals surface area contributed by atoms with Crippen molar-refractivity contribution in [2.24, 2.45) is 0 Å². The first kappa shape index (κ1) is 20.6. The number of hydrogen-bond donors (Lipinski definition) is 1. The molecule has 152 valence electrons. The number of nitrogens with zero attached hydrogens (tertiary/aromatic N) is 2. The van der Waals surface area contributed by atoms with Crippen LogP contribution in [0.15, 0.2) is 54.7 Å². The van der Waals surface area contributed by atoms with Crippen molar-refractivity contribution in [1.82, 2.24) is 15.1 Å². The summed E-state index contributed by atoms with van der Waals surface area (Å²) in [4.78, 5) is 12.9. The zero-order chi connectivity index (χ0) is 20.6. The van der Waals surface area contributed by atoms with Crippen LogP contribution in [-0.4, -0.2) is 42.6 Å². The molecule has 0 spiro atoms. The van der Waals surface area contributed by atoms with Gasteiger partial charge in [0, 0.05) is 31.5 Å². The fourth-order valence-electron chi connectivity index (χ4n) is 2.97. The molecule has 2 aromatic carbocycles. The van der Waals surface area contributed by atoms with Crippen molar-refractivity contribution in [2.45, 2.75) is 20.3 Å². The van der Waals surface area contributed by atoms with Crippen LogP contribution in [-0.2, 0) is 4.74 Å². The first-order valence-corrected chi connectivity index (χ1v) is 9.79. The van der Waals surface area contributed by atoms with Gasteiger partial charge in [-0.05, 0) is 44.5 Å². The Labute approximate surface area is 171 Å². The van der Waals surface area contributed by atoms with Crippen molar-refractivity contribution in [3.8, 4) is 22.7 Å². The summed E-state index contributed by atoms with van der Waals surface area (Å²) in [5.41, 5.74) is 4.04. The molecule has 0 radical (unpaired) electrons. The molecule has 0 bridgehead atoms. The van der Waals surface area contributed by atoms with Gasteiger partial charge in [-0.2, -0.15) is 5.10 Å². The highest BCUT2D eigenvalue weighted by molar-refractivity contribution is 6.00. The van der Waals surface area contributed by atoms with Gasteiger partial charge in [0.1, 0.15) is 11.4 Å². The lowest BCUT2D eigenvalue weighted by molar-refractivity contribution is 0.0945. The number of rotatable bonds is 9. The van der Waals surface area contributed by atoms with E-state index in [0.717, 1.165) is 23.4 Å². The van der Waals surface area contributed by atoms with Crippen LogP contribution in [0.5, 0.6) is 5.75 Å². The van der Waals surface area contributed by atoms with Gasteiger partial charge in [0.2, 0.25) is 0 Å². The SMILES string of the molecule is CCOCCCNC(=O)c1cn(-c2ccc(C)cc2)nc1-c1cccc(OC)c1. The fraction of sp³-hybridized carbons (Fsp3) is 0.304. The quantitative estimate of drug-likeness (QED) is 0.558. The predicted octanol–water partition coefficient (Wildman–Crippen LogP) is 4.01. The molecule has 1 heterocycles. The maximum Gasteiger partial charge on any atom is 0.255 e. The van der Waals surface area contributed by atoms with Crippen molar-refractivity contribution in [2.75, 3.05) is 26.9 Å². The van der Waals surface area contributed by atoms with E-state index in [1.807, 2.05) is 62.4 Å². The molecule has 3 aromatic rings. The summed E-state index contributed by atoms with van der Waals surface area (Å²) in [5, 5.41) is 7.68. The minimum atomic E-state index is -0.155. The second-order valence-corrected chi connectivity index (χ2v) is 6.71. The Morgan fingerprint density at radius 1 is 1.17 bits per heavy atom. The van der Waals surface area contributed by atoms with Gasteiger partial charge >= 0.3 is 0 Å². The highest BCUT2D eigenvalue weighted by atomic mass is 16.5. The second kappa shape index (κ2) is 9.89. The largest absolute Gasteiger partial charge is 0.497 e. The van der Waals surface area contributed by atoms with Crippen molar-refractivity contribution in [3.05, 3.63) is 65.9 Å². The summed E-state index contributed by atoms with van der Waals surface area (Å²) in [5.74, 6) is 0.563. The third kappa shape index (κ3) is 5.23.